The predicted octanol–water partition coefficient (Wildman–Crippen LogP) is 2.30. The van der Waals surface area contributed by atoms with E-state index < -0.39 is 4.92 Å². The number of anilines is 1. The topological polar surface area (TPSA) is 89.5 Å². The first-order valence-corrected chi connectivity index (χ1v) is 6.16. The number of para-hydroxylation sites is 1. The van der Waals surface area contributed by atoms with E-state index in [1.807, 2.05) is 13.8 Å². The van der Waals surface area contributed by atoms with Crippen molar-refractivity contribution >= 4 is 17.3 Å². The Morgan fingerprint density at radius 1 is 1.53 bits per heavy atom. The Hall–Kier alpha value is -2.11. The van der Waals surface area contributed by atoms with Crippen molar-refractivity contribution in [2.45, 2.75) is 20.3 Å². The summed E-state index contributed by atoms with van der Waals surface area (Å²) in [6, 6.07) is 4.40. The number of amides is 1. The van der Waals surface area contributed by atoms with Crippen LogP contribution in [0.5, 0.6) is 0 Å². The molecule has 1 amide bonds. The van der Waals surface area contributed by atoms with Crippen molar-refractivity contribution in [3.8, 4) is 0 Å². The molecule has 0 saturated heterocycles. The molecule has 1 aromatic rings. The van der Waals surface area contributed by atoms with Crippen molar-refractivity contribution in [1.82, 2.24) is 4.90 Å². The molecule has 1 aromatic carbocycles. The number of nitro benzene ring substituents is 1. The number of benzene rings is 1. The number of hydrogen-bond acceptors (Lipinski definition) is 4. The molecule has 0 aliphatic heterocycles. The van der Waals surface area contributed by atoms with Crippen molar-refractivity contribution < 1.29 is 9.72 Å². The van der Waals surface area contributed by atoms with Crippen molar-refractivity contribution in [3.63, 3.8) is 0 Å². The van der Waals surface area contributed by atoms with E-state index in [4.69, 9.17) is 5.73 Å². The Kier molecular flexibility index (Phi) is 4.86. The maximum atomic E-state index is 12.2. The van der Waals surface area contributed by atoms with Crippen LogP contribution in [-0.2, 0) is 0 Å². The van der Waals surface area contributed by atoms with Crippen LogP contribution >= 0.6 is 0 Å². The van der Waals surface area contributed by atoms with Crippen LogP contribution in [0.2, 0.25) is 0 Å². The van der Waals surface area contributed by atoms with E-state index in [1.54, 1.807) is 13.1 Å². The van der Waals surface area contributed by atoms with Crippen LogP contribution in [0.3, 0.4) is 0 Å². The lowest BCUT2D eigenvalue weighted by Gasteiger charge is -2.20. The highest BCUT2D eigenvalue weighted by atomic mass is 16.6. The minimum absolute atomic E-state index is 0.00721. The van der Waals surface area contributed by atoms with Gasteiger partial charge in [0.15, 0.2) is 0 Å². The average Bonchev–Trinajstić information content (AvgIpc) is 2.36. The fraction of sp³-hybridized carbons (Fsp3) is 0.462. The molecule has 0 aromatic heterocycles. The van der Waals surface area contributed by atoms with E-state index in [0.29, 0.717) is 12.5 Å². The predicted molar refractivity (Wildman–Crippen MR) is 73.9 cm³/mol. The van der Waals surface area contributed by atoms with Crippen molar-refractivity contribution in [2.75, 3.05) is 19.3 Å². The smallest absolute Gasteiger partial charge is 0.304 e. The number of nitro groups is 1. The first kappa shape index (κ1) is 14.9. The highest BCUT2D eigenvalue weighted by Gasteiger charge is 2.25. The van der Waals surface area contributed by atoms with Gasteiger partial charge in [-0.3, -0.25) is 14.9 Å². The molecule has 0 saturated carbocycles. The van der Waals surface area contributed by atoms with Crippen molar-refractivity contribution in [3.05, 3.63) is 33.9 Å². The third-order valence-electron chi connectivity index (χ3n) is 3.11. The second-order valence-corrected chi connectivity index (χ2v) is 4.70. The lowest BCUT2D eigenvalue weighted by atomic mass is 10.1. The van der Waals surface area contributed by atoms with Gasteiger partial charge < -0.3 is 10.6 Å². The normalized spacial score (nSPS) is 11.9. The number of carbonyl (C=O) groups is 1. The molecule has 0 spiro atoms. The van der Waals surface area contributed by atoms with Crippen LogP contribution in [0.15, 0.2) is 18.2 Å². The molecule has 0 aliphatic carbocycles. The highest BCUT2D eigenvalue weighted by molar-refractivity contribution is 6.00. The van der Waals surface area contributed by atoms with Gasteiger partial charge in [-0.2, -0.15) is 0 Å². The van der Waals surface area contributed by atoms with Crippen LogP contribution in [0, 0.1) is 16.0 Å². The number of carbonyl (C=O) groups excluding carboxylic acids is 1. The van der Waals surface area contributed by atoms with Crippen LogP contribution in [0.25, 0.3) is 0 Å². The van der Waals surface area contributed by atoms with Crippen molar-refractivity contribution in [2.24, 2.45) is 5.92 Å². The number of hydrogen-bond donors (Lipinski definition) is 1. The van der Waals surface area contributed by atoms with Crippen LogP contribution in [0.4, 0.5) is 11.4 Å². The first-order valence-electron chi connectivity index (χ1n) is 6.16. The van der Waals surface area contributed by atoms with E-state index in [-0.39, 0.29) is 22.8 Å². The van der Waals surface area contributed by atoms with Crippen LogP contribution < -0.4 is 5.73 Å². The zero-order valence-electron chi connectivity index (χ0n) is 11.4. The van der Waals surface area contributed by atoms with E-state index in [1.165, 1.54) is 17.0 Å². The third-order valence-corrected chi connectivity index (χ3v) is 3.11. The molecule has 0 heterocycles. The minimum atomic E-state index is -0.611. The molecule has 0 radical (unpaired) electrons. The number of nitrogen functional groups attached to an aromatic ring is 1. The zero-order valence-corrected chi connectivity index (χ0v) is 11.4. The highest BCUT2D eigenvalue weighted by Crippen LogP contribution is 2.27. The largest absolute Gasteiger partial charge is 0.393 e. The molecule has 0 fully saturated rings. The summed E-state index contributed by atoms with van der Waals surface area (Å²) in [6.45, 7) is 4.62. The Labute approximate surface area is 112 Å². The molecule has 6 heteroatoms. The summed E-state index contributed by atoms with van der Waals surface area (Å²) in [4.78, 5) is 24.1. The molecule has 6 nitrogen and oxygen atoms in total. The summed E-state index contributed by atoms with van der Waals surface area (Å²) in [7, 11) is 1.64. The first-order chi connectivity index (χ1) is 8.88. The van der Waals surface area contributed by atoms with E-state index in [2.05, 4.69) is 0 Å². The number of nitrogens with zero attached hydrogens (tertiary/aromatic N) is 2. The van der Waals surface area contributed by atoms with Gasteiger partial charge in [0.2, 0.25) is 0 Å². The Balaban J connectivity index is 3.06. The van der Waals surface area contributed by atoms with Gasteiger partial charge >= 0.3 is 5.69 Å². The maximum absolute atomic E-state index is 12.2. The Morgan fingerprint density at radius 2 is 2.16 bits per heavy atom. The third kappa shape index (κ3) is 3.43. The molecule has 1 atom stereocenters. The summed E-state index contributed by atoms with van der Waals surface area (Å²) in [5.41, 5.74) is 5.30. The molecule has 0 bridgehead atoms. The van der Waals surface area contributed by atoms with Gasteiger partial charge in [-0.15, -0.1) is 0 Å². The molecule has 1 unspecified atom stereocenters. The quantitative estimate of drug-likeness (QED) is 0.502. The maximum Gasteiger partial charge on any atom is 0.304 e. The fourth-order valence-electron chi connectivity index (χ4n) is 1.82. The minimum Gasteiger partial charge on any atom is -0.393 e. The van der Waals surface area contributed by atoms with Crippen LogP contribution in [-0.4, -0.2) is 29.3 Å². The summed E-state index contributed by atoms with van der Waals surface area (Å²) in [6.07, 6.45) is 0.941. The molecule has 19 heavy (non-hydrogen) atoms. The zero-order chi connectivity index (χ0) is 14.6. The monoisotopic (exact) mass is 265 g/mol. The van der Waals surface area contributed by atoms with Gasteiger partial charge in [0.25, 0.3) is 5.91 Å². The van der Waals surface area contributed by atoms with Gasteiger partial charge in [-0.25, -0.2) is 0 Å². The lowest BCUT2D eigenvalue weighted by Crippen LogP contribution is -2.31. The molecular weight excluding hydrogens is 246 g/mol. The van der Waals surface area contributed by atoms with E-state index >= 15 is 0 Å². The summed E-state index contributed by atoms with van der Waals surface area (Å²) < 4.78 is 0. The second-order valence-electron chi connectivity index (χ2n) is 4.70. The SMILES string of the molecule is CCC(C)CN(C)C(=O)c1cccc(N)c1[N+](=O)[O-]. The number of nitrogens with two attached hydrogens (primary N) is 1. The average molecular weight is 265 g/mol. The van der Waals surface area contributed by atoms with Crippen LogP contribution in [0.1, 0.15) is 30.6 Å². The molecule has 1 rings (SSSR count). The fourth-order valence-corrected chi connectivity index (χ4v) is 1.82. The van der Waals surface area contributed by atoms with Gasteiger partial charge in [0.1, 0.15) is 11.3 Å². The van der Waals surface area contributed by atoms with Gasteiger partial charge in [-0.05, 0) is 18.1 Å². The van der Waals surface area contributed by atoms with Gasteiger partial charge in [0, 0.05) is 13.6 Å². The van der Waals surface area contributed by atoms with Crippen molar-refractivity contribution in [1.29, 1.82) is 0 Å². The van der Waals surface area contributed by atoms with Gasteiger partial charge in [0.05, 0.1) is 4.92 Å². The molecule has 104 valence electrons. The summed E-state index contributed by atoms with van der Waals surface area (Å²) in [5, 5.41) is 11.0. The number of rotatable bonds is 5. The van der Waals surface area contributed by atoms with E-state index in [9.17, 15) is 14.9 Å². The Morgan fingerprint density at radius 3 is 2.68 bits per heavy atom. The molecule has 2 N–H and O–H groups in total. The second kappa shape index (κ2) is 6.17. The summed E-state index contributed by atoms with van der Waals surface area (Å²) in [5.74, 6) is -0.0339. The lowest BCUT2D eigenvalue weighted by molar-refractivity contribution is -0.384. The molecule has 0 aliphatic rings. The van der Waals surface area contributed by atoms with Gasteiger partial charge in [-0.1, -0.05) is 26.3 Å². The van der Waals surface area contributed by atoms with E-state index in [0.717, 1.165) is 6.42 Å². The summed E-state index contributed by atoms with van der Waals surface area (Å²) >= 11 is 0. The Bertz CT molecular complexity index is 488. The standard InChI is InChI=1S/C13H19N3O3/c1-4-9(2)8-15(3)13(17)10-6-5-7-11(14)12(10)16(18)19/h5-7,9H,4,8,14H2,1-3H3. The molecular formula is C13H19N3O3.